The van der Waals surface area contributed by atoms with Crippen LogP contribution >= 0.6 is 12.4 Å². The highest BCUT2D eigenvalue weighted by molar-refractivity contribution is 7.94. The van der Waals surface area contributed by atoms with E-state index < -0.39 is 20.5 Å². The van der Waals surface area contributed by atoms with Crippen LogP contribution in [-0.4, -0.2) is 24.3 Å². The SMILES string of the molecule is Cl.NC(=O)C1(S(=O)(=O)C2CC2)CC1. The Morgan fingerprint density at radius 3 is 2.00 bits per heavy atom. The number of carbonyl (C=O) groups excluding carboxylic acids is 1. The molecule has 2 N–H and O–H groups in total. The highest BCUT2D eigenvalue weighted by Crippen LogP contribution is 2.49. The molecule has 6 heteroatoms. The van der Waals surface area contributed by atoms with Crippen LogP contribution < -0.4 is 5.73 Å². The number of sulfone groups is 1. The molecule has 2 fully saturated rings. The second-order valence-corrected chi connectivity index (χ2v) is 6.14. The van der Waals surface area contributed by atoms with Gasteiger partial charge >= 0.3 is 0 Å². The Kier molecular flexibility index (Phi) is 2.37. The van der Waals surface area contributed by atoms with Gasteiger partial charge in [0.1, 0.15) is 0 Å². The molecule has 0 aromatic carbocycles. The fraction of sp³-hybridized carbons (Fsp3) is 0.857. The van der Waals surface area contributed by atoms with Gasteiger partial charge in [0, 0.05) is 0 Å². The van der Waals surface area contributed by atoms with E-state index in [-0.39, 0.29) is 17.7 Å². The van der Waals surface area contributed by atoms with Gasteiger partial charge in [0.2, 0.25) is 5.91 Å². The minimum Gasteiger partial charge on any atom is -0.368 e. The van der Waals surface area contributed by atoms with Crippen molar-refractivity contribution in [2.45, 2.75) is 35.7 Å². The summed E-state index contributed by atoms with van der Waals surface area (Å²) in [7, 11) is -3.23. The molecule has 0 aromatic rings. The molecule has 2 aliphatic carbocycles. The van der Waals surface area contributed by atoms with Gasteiger partial charge in [-0.05, 0) is 25.7 Å². The third-order valence-corrected chi connectivity index (χ3v) is 5.71. The quantitative estimate of drug-likeness (QED) is 0.735. The third-order valence-electron chi connectivity index (χ3n) is 2.66. The maximum absolute atomic E-state index is 11.6. The smallest absolute Gasteiger partial charge is 0.238 e. The van der Waals surface area contributed by atoms with Crippen molar-refractivity contribution in [3.63, 3.8) is 0 Å². The Morgan fingerprint density at radius 2 is 1.77 bits per heavy atom. The van der Waals surface area contributed by atoms with Gasteiger partial charge < -0.3 is 5.73 Å². The lowest BCUT2D eigenvalue weighted by molar-refractivity contribution is -0.118. The molecule has 0 saturated heterocycles. The summed E-state index contributed by atoms with van der Waals surface area (Å²) in [6, 6.07) is 0. The van der Waals surface area contributed by atoms with E-state index in [1.165, 1.54) is 0 Å². The molecule has 76 valence electrons. The van der Waals surface area contributed by atoms with E-state index in [9.17, 15) is 13.2 Å². The van der Waals surface area contributed by atoms with E-state index in [1.807, 2.05) is 0 Å². The van der Waals surface area contributed by atoms with Gasteiger partial charge in [0.15, 0.2) is 14.6 Å². The number of carbonyl (C=O) groups is 1. The normalized spacial score (nSPS) is 24.6. The summed E-state index contributed by atoms with van der Waals surface area (Å²) < 4.78 is 22.1. The van der Waals surface area contributed by atoms with Crippen molar-refractivity contribution in [1.82, 2.24) is 0 Å². The van der Waals surface area contributed by atoms with Crippen LogP contribution in [0.4, 0.5) is 0 Å². The van der Waals surface area contributed by atoms with E-state index in [2.05, 4.69) is 0 Å². The predicted octanol–water partition coefficient (Wildman–Crippen LogP) is 0.00330. The number of nitrogens with two attached hydrogens (primary N) is 1. The summed E-state index contributed by atoms with van der Waals surface area (Å²) >= 11 is 0. The molecule has 0 spiro atoms. The second-order valence-electron chi connectivity index (χ2n) is 3.60. The third kappa shape index (κ3) is 1.34. The molecular weight excluding hydrogens is 214 g/mol. The lowest BCUT2D eigenvalue weighted by Crippen LogP contribution is -2.40. The highest BCUT2D eigenvalue weighted by Gasteiger charge is 2.63. The van der Waals surface area contributed by atoms with Crippen molar-refractivity contribution < 1.29 is 13.2 Å². The Bertz CT molecular complexity index is 330. The van der Waals surface area contributed by atoms with Crippen LogP contribution in [0.5, 0.6) is 0 Å². The summed E-state index contributed by atoms with van der Waals surface area (Å²) in [4.78, 5) is 10.9. The van der Waals surface area contributed by atoms with E-state index in [4.69, 9.17) is 5.73 Å². The molecule has 2 saturated carbocycles. The number of halogens is 1. The fourth-order valence-corrected chi connectivity index (χ4v) is 3.83. The van der Waals surface area contributed by atoms with Gasteiger partial charge in [-0.25, -0.2) is 8.42 Å². The zero-order valence-electron chi connectivity index (χ0n) is 7.02. The molecule has 4 nitrogen and oxygen atoms in total. The van der Waals surface area contributed by atoms with Crippen LogP contribution in [0.3, 0.4) is 0 Å². The van der Waals surface area contributed by atoms with Crippen molar-refractivity contribution in [2.24, 2.45) is 5.73 Å². The Hall–Kier alpha value is -0.290. The molecule has 0 aliphatic heterocycles. The van der Waals surface area contributed by atoms with Crippen molar-refractivity contribution >= 4 is 28.2 Å². The first kappa shape index (κ1) is 10.8. The standard InChI is InChI=1S/C7H11NO3S.ClH/c8-6(9)7(3-4-7)12(10,11)5-1-2-5;/h5H,1-4H2,(H2,8,9);1H. The number of amides is 1. The Balaban J connectivity index is 0.000000845. The second kappa shape index (κ2) is 2.85. The van der Waals surface area contributed by atoms with Crippen molar-refractivity contribution in [1.29, 1.82) is 0 Å². The molecule has 13 heavy (non-hydrogen) atoms. The lowest BCUT2D eigenvalue weighted by atomic mass is 10.4. The maximum atomic E-state index is 11.6. The van der Waals surface area contributed by atoms with Crippen LogP contribution in [-0.2, 0) is 14.6 Å². The largest absolute Gasteiger partial charge is 0.368 e. The summed E-state index contributed by atoms with van der Waals surface area (Å²) in [5.74, 6) is -0.658. The average Bonchev–Trinajstić information content (AvgIpc) is 2.84. The molecular formula is C7H12ClNO3S. The molecule has 0 atom stereocenters. The molecule has 0 aromatic heterocycles. The van der Waals surface area contributed by atoms with Gasteiger partial charge in [-0.2, -0.15) is 0 Å². The monoisotopic (exact) mass is 225 g/mol. The zero-order valence-corrected chi connectivity index (χ0v) is 8.66. The van der Waals surface area contributed by atoms with Gasteiger partial charge in [0.05, 0.1) is 5.25 Å². The minimum absolute atomic E-state index is 0. The molecule has 0 heterocycles. The highest BCUT2D eigenvalue weighted by atomic mass is 35.5. The molecule has 2 rings (SSSR count). The van der Waals surface area contributed by atoms with Crippen LogP contribution in [0, 0.1) is 0 Å². The molecule has 1 amide bonds. The number of hydrogen-bond acceptors (Lipinski definition) is 3. The first-order valence-corrected chi connectivity index (χ1v) is 5.59. The summed E-state index contributed by atoms with van der Waals surface area (Å²) in [5.41, 5.74) is 5.07. The van der Waals surface area contributed by atoms with E-state index in [1.54, 1.807) is 0 Å². The topological polar surface area (TPSA) is 77.2 Å². The van der Waals surface area contributed by atoms with Crippen LogP contribution in [0.2, 0.25) is 0 Å². The minimum atomic E-state index is -3.23. The van der Waals surface area contributed by atoms with E-state index in [0.717, 1.165) is 0 Å². The fourth-order valence-electron chi connectivity index (χ4n) is 1.48. The Labute approximate surface area is 83.2 Å². The number of primary amides is 1. The van der Waals surface area contributed by atoms with Gasteiger partial charge in [0.25, 0.3) is 0 Å². The van der Waals surface area contributed by atoms with Crippen LogP contribution in [0.25, 0.3) is 0 Å². The van der Waals surface area contributed by atoms with Crippen molar-refractivity contribution in [3.8, 4) is 0 Å². The molecule has 0 bridgehead atoms. The number of hydrogen-bond donors (Lipinski definition) is 1. The predicted molar refractivity (Wildman–Crippen MR) is 50.3 cm³/mol. The van der Waals surface area contributed by atoms with Crippen LogP contribution in [0.15, 0.2) is 0 Å². The first-order chi connectivity index (χ1) is 5.51. The Morgan fingerprint density at radius 1 is 1.31 bits per heavy atom. The van der Waals surface area contributed by atoms with Gasteiger partial charge in [-0.3, -0.25) is 4.79 Å². The van der Waals surface area contributed by atoms with Gasteiger partial charge in [-0.15, -0.1) is 12.4 Å². The van der Waals surface area contributed by atoms with E-state index >= 15 is 0 Å². The maximum Gasteiger partial charge on any atom is 0.238 e. The van der Waals surface area contributed by atoms with Crippen molar-refractivity contribution in [3.05, 3.63) is 0 Å². The summed E-state index contributed by atoms with van der Waals surface area (Å²) in [6.45, 7) is 0. The first-order valence-electron chi connectivity index (χ1n) is 4.04. The van der Waals surface area contributed by atoms with Gasteiger partial charge in [-0.1, -0.05) is 0 Å². The van der Waals surface area contributed by atoms with E-state index in [0.29, 0.717) is 25.7 Å². The molecule has 2 aliphatic rings. The van der Waals surface area contributed by atoms with Crippen LogP contribution in [0.1, 0.15) is 25.7 Å². The zero-order chi connectivity index (χ0) is 8.98. The lowest BCUT2D eigenvalue weighted by Gasteiger charge is -2.10. The average molecular weight is 226 g/mol. The molecule has 0 radical (unpaired) electrons. The molecule has 0 unspecified atom stereocenters. The summed E-state index contributed by atoms with van der Waals surface area (Å²) in [6.07, 6.45) is 2.27. The number of rotatable bonds is 3. The summed E-state index contributed by atoms with van der Waals surface area (Å²) in [5, 5.41) is -0.271. The van der Waals surface area contributed by atoms with Crippen molar-refractivity contribution in [2.75, 3.05) is 0 Å².